The standard InChI is InChI=1S/C20H18F2N2O3/c21-20(22)15-6-5-12(9-16(15)20)19(25)27-8-7-26-18-13(10-23)11-24-17-4-2-1-3-14(17)18/h1-4,11-12,15-16H,5-9H2. The van der Waals surface area contributed by atoms with E-state index in [1.54, 1.807) is 6.07 Å². The summed E-state index contributed by atoms with van der Waals surface area (Å²) >= 11 is 0. The van der Waals surface area contributed by atoms with Gasteiger partial charge in [-0.05, 0) is 31.4 Å². The quantitative estimate of drug-likeness (QED) is 0.591. The lowest BCUT2D eigenvalue weighted by Gasteiger charge is -2.18. The molecule has 1 aromatic carbocycles. The van der Waals surface area contributed by atoms with Crippen molar-refractivity contribution in [1.29, 1.82) is 5.26 Å². The summed E-state index contributed by atoms with van der Waals surface area (Å²) in [7, 11) is 0. The second-order valence-electron chi connectivity index (χ2n) is 7.04. The molecule has 0 amide bonds. The van der Waals surface area contributed by atoms with Crippen molar-refractivity contribution < 1.29 is 23.0 Å². The number of esters is 1. The first-order valence-corrected chi connectivity index (χ1v) is 8.97. The Morgan fingerprint density at radius 3 is 2.85 bits per heavy atom. The van der Waals surface area contributed by atoms with Crippen molar-refractivity contribution in [1.82, 2.24) is 4.98 Å². The highest BCUT2D eigenvalue weighted by Crippen LogP contribution is 2.63. The maximum absolute atomic E-state index is 13.4. The number of rotatable bonds is 5. The van der Waals surface area contributed by atoms with Crippen LogP contribution in [0.3, 0.4) is 0 Å². The molecule has 0 aliphatic heterocycles. The zero-order valence-corrected chi connectivity index (χ0v) is 14.5. The number of benzene rings is 1. The molecule has 5 nitrogen and oxygen atoms in total. The summed E-state index contributed by atoms with van der Waals surface area (Å²) in [6, 6.07) is 9.32. The minimum absolute atomic E-state index is 0.00133. The third-order valence-corrected chi connectivity index (χ3v) is 5.48. The van der Waals surface area contributed by atoms with Crippen LogP contribution in [-0.4, -0.2) is 30.1 Å². The van der Waals surface area contributed by atoms with Gasteiger partial charge in [-0.15, -0.1) is 0 Å². The van der Waals surface area contributed by atoms with Gasteiger partial charge in [-0.3, -0.25) is 9.78 Å². The van der Waals surface area contributed by atoms with Crippen LogP contribution < -0.4 is 4.74 Å². The molecule has 1 heterocycles. The van der Waals surface area contributed by atoms with Crippen LogP contribution in [0.25, 0.3) is 10.9 Å². The lowest BCUT2D eigenvalue weighted by molar-refractivity contribution is -0.150. The van der Waals surface area contributed by atoms with E-state index in [9.17, 15) is 18.8 Å². The number of carbonyl (C=O) groups excluding carboxylic acids is 1. The maximum Gasteiger partial charge on any atom is 0.309 e. The molecule has 2 saturated carbocycles. The van der Waals surface area contributed by atoms with Gasteiger partial charge in [-0.1, -0.05) is 12.1 Å². The number of carbonyl (C=O) groups is 1. The molecule has 3 atom stereocenters. The van der Waals surface area contributed by atoms with E-state index < -0.39 is 29.6 Å². The van der Waals surface area contributed by atoms with Crippen LogP contribution in [0, 0.1) is 29.1 Å². The number of ether oxygens (including phenoxy) is 2. The molecule has 4 rings (SSSR count). The number of hydrogen-bond donors (Lipinski definition) is 0. The van der Waals surface area contributed by atoms with Gasteiger partial charge < -0.3 is 9.47 Å². The van der Waals surface area contributed by atoms with Gasteiger partial charge in [0.05, 0.1) is 11.4 Å². The van der Waals surface area contributed by atoms with Crippen LogP contribution >= 0.6 is 0 Å². The van der Waals surface area contributed by atoms with Crippen molar-refractivity contribution in [2.45, 2.75) is 25.2 Å². The van der Waals surface area contributed by atoms with Crippen molar-refractivity contribution in [2.24, 2.45) is 17.8 Å². The van der Waals surface area contributed by atoms with Crippen molar-refractivity contribution in [3.63, 3.8) is 0 Å². The summed E-state index contributed by atoms with van der Waals surface area (Å²) < 4.78 is 37.8. The minimum atomic E-state index is -2.60. The van der Waals surface area contributed by atoms with Crippen LogP contribution in [0.5, 0.6) is 5.75 Å². The molecule has 0 spiro atoms. The first-order valence-electron chi connectivity index (χ1n) is 8.97. The zero-order valence-electron chi connectivity index (χ0n) is 14.5. The summed E-state index contributed by atoms with van der Waals surface area (Å²) in [5.74, 6) is -4.32. The van der Waals surface area contributed by atoms with E-state index >= 15 is 0 Å². The van der Waals surface area contributed by atoms with E-state index in [4.69, 9.17) is 9.47 Å². The Balaban J connectivity index is 1.32. The number of pyridine rings is 1. The van der Waals surface area contributed by atoms with Gasteiger partial charge in [0.1, 0.15) is 30.6 Å². The van der Waals surface area contributed by atoms with Crippen LogP contribution in [0.1, 0.15) is 24.8 Å². The lowest BCUT2D eigenvalue weighted by Crippen LogP contribution is -2.23. The van der Waals surface area contributed by atoms with Crippen molar-refractivity contribution in [3.8, 4) is 11.8 Å². The molecule has 0 radical (unpaired) electrons. The van der Waals surface area contributed by atoms with Gasteiger partial charge in [0, 0.05) is 23.4 Å². The number of nitrogens with zero attached hydrogens (tertiary/aromatic N) is 2. The Labute approximate surface area is 154 Å². The van der Waals surface area contributed by atoms with Gasteiger partial charge in [0.2, 0.25) is 0 Å². The smallest absolute Gasteiger partial charge is 0.309 e. The summed E-state index contributed by atoms with van der Waals surface area (Å²) in [4.78, 5) is 16.3. The Morgan fingerprint density at radius 1 is 1.26 bits per heavy atom. The number of halogens is 2. The van der Waals surface area contributed by atoms with Gasteiger partial charge in [-0.2, -0.15) is 5.26 Å². The van der Waals surface area contributed by atoms with Crippen molar-refractivity contribution in [3.05, 3.63) is 36.0 Å². The molecule has 0 N–H and O–H groups in total. The molecular formula is C20H18F2N2O3. The Hall–Kier alpha value is -2.75. The molecule has 2 aromatic rings. The van der Waals surface area contributed by atoms with Crippen LogP contribution in [0.15, 0.2) is 30.5 Å². The fourth-order valence-corrected chi connectivity index (χ4v) is 3.95. The minimum Gasteiger partial charge on any atom is -0.488 e. The van der Waals surface area contributed by atoms with Gasteiger partial charge in [-0.25, -0.2) is 8.78 Å². The fourth-order valence-electron chi connectivity index (χ4n) is 3.95. The van der Waals surface area contributed by atoms with E-state index in [-0.39, 0.29) is 19.6 Å². The van der Waals surface area contributed by atoms with E-state index in [2.05, 4.69) is 4.98 Å². The summed E-state index contributed by atoms with van der Waals surface area (Å²) in [5, 5.41) is 9.95. The van der Waals surface area contributed by atoms with Crippen molar-refractivity contribution >= 4 is 16.9 Å². The Bertz CT molecular complexity index is 925. The molecule has 140 valence electrons. The SMILES string of the molecule is N#Cc1cnc2ccccc2c1OCCOC(=O)C1CCC2C(C1)C2(F)F. The van der Waals surface area contributed by atoms with Crippen LogP contribution in [0.2, 0.25) is 0 Å². The monoisotopic (exact) mass is 372 g/mol. The van der Waals surface area contributed by atoms with Crippen LogP contribution in [-0.2, 0) is 9.53 Å². The van der Waals surface area contributed by atoms with Crippen LogP contribution in [0.4, 0.5) is 8.78 Å². The second-order valence-corrected chi connectivity index (χ2v) is 7.04. The van der Waals surface area contributed by atoms with E-state index in [0.717, 1.165) is 0 Å². The maximum atomic E-state index is 13.4. The molecule has 0 saturated heterocycles. The molecule has 3 unspecified atom stereocenters. The second kappa shape index (κ2) is 6.76. The molecule has 7 heteroatoms. The highest BCUT2D eigenvalue weighted by molar-refractivity contribution is 5.87. The fraction of sp³-hybridized carbons (Fsp3) is 0.450. The molecule has 2 aliphatic rings. The summed E-state index contributed by atoms with van der Waals surface area (Å²) in [5.41, 5.74) is 1.000. The molecule has 1 aromatic heterocycles. The number of aromatic nitrogens is 1. The molecule has 0 bridgehead atoms. The average Bonchev–Trinajstić information content (AvgIpc) is 3.25. The largest absolute Gasteiger partial charge is 0.488 e. The number of fused-ring (bicyclic) bond motifs is 2. The first-order chi connectivity index (χ1) is 13.0. The topological polar surface area (TPSA) is 72.2 Å². The number of nitriles is 1. The van der Waals surface area contributed by atoms with E-state index in [1.165, 1.54) is 6.20 Å². The Kier molecular flexibility index (Phi) is 4.42. The molecular weight excluding hydrogens is 354 g/mol. The average molecular weight is 372 g/mol. The van der Waals surface area contributed by atoms with Gasteiger partial charge >= 0.3 is 5.97 Å². The predicted molar refractivity (Wildman–Crippen MR) is 92.2 cm³/mol. The number of alkyl halides is 2. The molecule has 27 heavy (non-hydrogen) atoms. The molecule has 2 aliphatic carbocycles. The summed E-state index contributed by atoms with van der Waals surface area (Å²) in [6.07, 6.45) is 2.47. The van der Waals surface area contributed by atoms with E-state index in [0.29, 0.717) is 35.1 Å². The zero-order chi connectivity index (χ0) is 19.0. The molecule has 2 fully saturated rings. The third kappa shape index (κ3) is 3.20. The number of hydrogen-bond acceptors (Lipinski definition) is 5. The first kappa shape index (κ1) is 17.7. The highest BCUT2D eigenvalue weighted by Gasteiger charge is 2.69. The predicted octanol–water partition coefficient (Wildman–Crippen LogP) is 3.71. The third-order valence-electron chi connectivity index (χ3n) is 5.48. The lowest BCUT2D eigenvalue weighted by atomic mass is 9.89. The number of para-hydroxylation sites is 1. The van der Waals surface area contributed by atoms with E-state index in [1.807, 2.05) is 24.3 Å². The van der Waals surface area contributed by atoms with Gasteiger partial charge in [0.25, 0.3) is 5.92 Å². The highest BCUT2D eigenvalue weighted by atomic mass is 19.3. The Morgan fingerprint density at radius 2 is 2.07 bits per heavy atom. The van der Waals surface area contributed by atoms with Gasteiger partial charge in [0.15, 0.2) is 0 Å². The summed E-state index contributed by atoms with van der Waals surface area (Å²) in [6.45, 7) is 0.0741. The normalized spacial score (nSPS) is 25.3. The van der Waals surface area contributed by atoms with Crippen molar-refractivity contribution in [2.75, 3.05) is 13.2 Å².